The minimum atomic E-state index is -0.926. The molecular formula is C27H26FN7O2. The van der Waals surface area contributed by atoms with Crippen LogP contribution < -0.4 is 15.1 Å². The Kier molecular flexibility index (Phi) is 5.71. The third-order valence-electron chi connectivity index (χ3n) is 6.98. The Morgan fingerprint density at radius 2 is 1.89 bits per heavy atom. The first-order valence-electron chi connectivity index (χ1n) is 12.2. The molecule has 0 saturated carbocycles. The summed E-state index contributed by atoms with van der Waals surface area (Å²) < 4.78 is 15.0. The Balaban J connectivity index is 1.24. The van der Waals surface area contributed by atoms with Crippen molar-refractivity contribution >= 4 is 46.7 Å². The van der Waals surface area contributed by atoms with E-state index in [-0.39, 0.29) is 5.69 Å². The van der Waals surface area contributed by atoms with Crippen molar-refractivity contribution in [1.82, 2.24) is 14.9 Å². The lowest BCUT2D eigenvalue weighted by Gasteiger charge is -2.34. The first-order valence-corrected chi connectivity index (χ1v) is 12.2. The third kappa shape index (κ3) is 4.24. The number of amidine groups is 1. The van der Waals surface area contributed by atoms with Crippen LogP contribution in [-0.2, 0) is 0 Å². The lowest BCUT2D eigenvalue weighted by Crippen LogP contribution is -2.48. The molecule has 0 bridgehead atoms. The van der Waals surface area contributed by atoms with Gasteiger partial charge in [-0.15, -0.1) is 0 Å². The van der Waals surface area contributed by atoms with E-state index in [1.165, 1.54) is 16.5 Å². The molecule has 1 aromatic heterocycles. The zero-order chi connectivity index (χ0) is 25.5. The maximum absolute atomic E-state index is 15.0. The molecule has 1 saturated heterocycles. The minimum absolute atomic E-state index is 0.273. The summed E-state index contributed by atoms with van der Waals surface area (Å²) in [5.74, 6) is 1.52. The van der Waals surface area contributed by atoms with E-state index < -0.39 is 11.9 Å². The van der Waals surface area contributed by atoms with Crippen molar-refractivity contribution in [3.63, 3.8) is 0 Å². The van der Waals surface area contributed by atoms with Gasteiger partial charge in [0.2, 0.25) is 5.95 Å². The fraction of sp³-hybridized carbons (Fsp3) is 0.259. The number of amides is 1. The number of aliphatic imine (C=N–C) groups is 1. The number of aryl methyl sites for hydroxylation is 1. The van der Waals surface area contributed by atoms with E-state index in [4.69, 9.17) is 15.1 Å². The van der Waals surface area contributed by atoms with Crippen LogP contribution in [0.4, 0.5) is 32.3 Å². The lowest BCUT2D eigenvalue weighted by molar-refractivity contribution is 0.142. The number of carbonyl (C=O) groups is 1. The van der Waals surface area contributed by atoms with E-state index in [1.807, 2.05) is 23.1 Å². The molecule has 2 N–H and O–H groups in total. The Labute approximate surface area is 213 Å². The number of piperazine rings is 1. The second kappa shape index (κ2) is 9.20. The summed E-state index contributed by atoms with van der Waals surface area (Å²) in [4.78, 5) is 30.5. The van der Waals surface area contributed by atoms with Crippen molar-refractivity contribution in [3.8, 4) is 0 Å². The summed E-state index contributed by atoms with van der Waals surface area (Å²) >= 11 is 0. The van der Waals surface area contributed by atoms with E-state index in [9.17, 15) is 4.79 Å². The number of fused-ring (bicyclic) bond motifs is 3. The molecule has 2 aromatic carbocycles. The van der Waals surface area contributed by atoms with Crippen LogP contribution in [0.1, 0.15) is 16.7 Å². The highest BCUT2D eigenvalue weighted by Crippen LogP contribution is 2.36. The molecule has 3 aliphatic rings. The van der Waals surface area contributed by atoms with E-state index in [2.05, 4.69) is 40.3 Å². The summed E-state index contributed by atoms with van der Waals surface area (Å²) in [6, 6.07) is 13.2. The number of aromatic nitrogens is 2. The number of rotatable bonds is 4. The monoisotopic (exact) mass is 499 g/mol. The molecule has 1 fully saturated rings. The average molecular weight is 500 g/mol. The Morgan fingerprint density at radius 1 is 1.08 bits per heavy atom. The van der Waals surface area contributed by atoms with Gasteiger partial charge in [0.05, 0.1) is 12.2 Å². The van der Waals surface area contributed by atoms with Gasteiger partial charge in [0, 0.05) is 55.7 Å². The molecule has 9 nitrogen and oxygen atoms in total. The van der Waals surface area contributed by atoms with E-state index in [0.29, 0.717) is 44.4 Å². The van der Waals surface area contributed by atoms with Crippen molar-refractivity contribution < 1.29 is 14.3 Å². The van der Waals surface area contributed by atoms with Gasteiger partial charge in [-0.2, -0.15) is 4.98 Å². The van der Waals surface area contributed by atoms with Crippen LogP contribution in [0.5, 0.6) is 0 Å². The van der Waals surface area contributed by atoms with Crippen molar-refractivity contribution in [2.45, 2.75) is 6.92 Å². The van der Waals surface area contributed by atoms with Crippen molar-refractivity contribution in [2.75, 3.05) is 54.4 Å². The second-order valence-corrected chi connectivity index (χ2v) is 9.25. The molecule has 37 heavy (non-hydrogen) atoms. The summed E-state index contributed by atoms with van der Waals surface area (Å²) in [5.41, 5.74) is 5.24. The van der Waals surface area contributed by atoms with Gasteiger partial charge < -0.3 is 25.1 Å². The Morgan fingerprint density at radius 3 is 2.65 bits per heavy atom. The molecule has 188 valence electrons. The standard InChI is InChI=1S/C27H26FN7O2/c1-17-4-2-3-5-20(17)21-14-18-16-30-26(32-24(18)35-9-8-29-25(21)35)31-23-7-6-19(15-22(23)28)33-10-12-34(13-11-33)27(36)37/h2-7,14-16H,8-13H2,1H3,(H,36,37)(H,30,31,32). The number of halogens is 1. The predicted octanol–water partition coefficient (Wildman–Crippen LogP) is 4.24. The molecule has 10 heteroatoms. The summed E-state index contributed by atoms with van der Waals surface area (Å²) in [7, 11) is 0. The fourth-order valence-corrected chi connectivity index (χ4v) is 5.02. The number of hydrogen-bond acceptors (Lipinski definition) is 7. The van der Waals surface area contributed by atoms with Crippen LogP contribution in [0.2, 0.25) is 0 Å². The van der Waals surface area contributed by atoms with Gasteiger partial charge in [-0.1, -0.05) is 24.3 Å². The normalized spacial score (nSPS) is 16.6. The average Bonchev–Trinajstić information content (AvgIpc) is 3.40. The van der Waals surface area contributed by atoms with Gasteiger partial charge in [-0.05, 0) is 42.3 Å². The van der Waals surface area contributed by atoms with Crippen molar-refractivity contribution in [3.05, 3.63) is 71.2 Å². The zero-order valence-corrected chi connectivity index (χ0v) is 20.4. The first kappa shape index (κ1) is 23.0. The van der Waals surface area contributed by atoms with Gasteiger partial charge in [-0.3, -0.25) is 4.99 Å². The Bertz CT molecular complexity index is 1450. The van der Waals surface area contributed by atoms with Gasteiger partial charge >= 0.3 is 6.09 Å². The maximum Gasteiger partial charge on any atom is 0.407 e. The highest BCUT2D eigenvalue weighted by Gasteiger charge is 2.31. The number of carboxylic acid groups (broad SMARTS) is 1. The topological polar surface area (TPSA) is 97.2 Å². The number of hydrogen-bond donors (Lipinski definition) is 2. The van der Waals surface area contributed by atoms with Gasteiger partial charge in [0.1, 0.15) is 17.5 Å². The molecule has 4 heterocycles. The second-order valence-electron chi connectivity index (χ2n) is 9.25. The largest absolute Gasteiger partial charge is 0.465 e. The molecule has 1 amide bonds. The SMILES string of the molecule is Cc1ccccc1C1=Cc2cnc(Nc3ccc(N4CCN(C(=O)O)CC4)cc3F)nc2N2CCN=C12. The van der Waals surface area contributed by atoms with Gasteiger partial charge in [0.15, 0.2) is 0 Å². The quantitative estimate of drug-likeness (QED) is 0.554. The van der Waals surface area contributed by atoms with E-state index in [1.54, 1.807) is 12.3 Å². The highest BCUT2D eigenvalue weighted by atomic mass is 19.1. The molecule has 0 radical (unpaired) electrons. The predicted molar refractivity (Wildman–Crippen MR) is 142 cm³/mol. The molecular weight excluding hydrogens is 473 g/mol. The van der Waals surface area contributed by atoms with E-state index >= 15 is 4.39 Å². The summed E-state index contributed by atoms with van der Waals surface area (Å²) in [5, 5.41) is 12.1. The van der Waals surface area contributed by atoms with Crippen LogP contribution in [0, 0.1) is 12.7 Å². The zero-order valence-electron chi connectivity index (χ0n) is 20.4. The molecule has 0 unspecified atom stereocenters. The van der Waals surface area contributed by atoms with Crippen LogP contribution in [0.25, 0.3) is 11.6 Å². The van der Waals surface area contributed by atoms with Gasteiger partial charge in [0.25, 0.3) is 0 Å². The summed E-state index contributed by atoms with van der Waals surface area (Å²) in [6.45, 7) is 5.31. The number of benzene rings is 2. The number of nitrogens with zero attached hydrogens (tertiary/aromatic N) is 6. The molecule has 6 rings (SSSR count). The fourth-order valence-electron chi connectivity index (χ4n) is 5.02. The van der Waals surface area contributed by atoms with Crippen molar-refractivity contribution in [1.29, 1.82) is 0 Å². The molecule has 0 atom stereocenters. The molecule has 3 aromatic rings. The lowest BCUT2D eigenvalue weighted by atomic mass is 9.95. The van der Waals surface area contributed by atoms with Crippen LogP contribution >= 0.6 is 0 Å². The number of anilines is 4. The third-order valence-corrected chi connectivity index (χ3v) is 6.98. The molecule has 0 aliphatic carbocycles. The highest BCUT2D eigenvalue weighted by molar-refractivity contribution is 6.35. The molecule has 3 aliphatic heterocycles. The minimum Gasteiger partial charge on any atom is -0.465 e. The van der Waals surface area contributed by atoms with Crippen LogP contribution in [0.3, 0.4) is 0 Å². The van der Waals surface area contributed by atoms with Crippen molar-refractivity contribution in [2.24, 2.45) is 4.99 Å². The van der Waals surface area contributed by atoms with E-state index in [0.717, 1.165) is 34.9 Å². The smallest absolute Gasteiger partial charge is 0.407 e. The molecule has 0 spiro atoms. The van der Waals surface area contributed by atoms with Crippen LogP contribution in [-0.4, -0.2) is 71.2 Å². The van der Waals surface area contributed by atoms with Crippen LogP contribution in [0.15, 0.2) is 53.7 Å². The van der Waals surface area contributed by atoms with Gasteiger partial charge in [-0.25, -0.2) is 14.2 Å². The maximum atomic E-state index is 15.0. The first-order chi connectivity index (χ1) is 18.0. The number of nitrogens with one attached hydrogen (secondary N) is 1. The Hall–Kier alpha value is -4.47. The summed E-state index contributed by atoms with van der Waals surface area (Å²) in [6.07, 6.45) is 2.90.